The maximum atomic E-state index is 11.3. The molecule has 1 aromatic heterocycles. The number of aromatic amines is 1. The molecule has 1 heterocycles. The van der Waals surface area contributed by atoms with Crippen molar-refractivity contribution in [1.82, 2.24) is 4.98 Å². The van der Waals surface area contributed by atoms with E-state index in [2.05, 4.69) is 4.98 Å². The Hall–Kier alpha value is -2.30. The van der Waals surface area contributed by atoms with Crippen LogP contribution in [0.25, 0.3) is 10.9 Å². The lowest BCUT2D eigenvalue weighted by atomic mass is 10.2. The molecule has 0 unspecified atom stereocenters. The first-order valence-corrected chi connectivity index (χ1v) is 5.63. The highest BCUT2D eigenvalue weighted by molar-refractivity contribution is 5.84. The van der Waals surface area contributed by atoms with E-state index in [1.165, 1.54) is 6.07 Å². The normalized spacial score (nSPS) is 10.4. The molecule has 18 heavy (non-hydrogen) atoms. The van der Waals surface area contributed by atoms with Crippen LogP contribution >= 0.6 is 0 Å². The van der Waals surface area contributed by atoms with Crippen LogP contribution in [-0.4, -0.2) is 22.7 Å². The second kappa shape index (κ2) is 5.35. The van der Waals surface area contributed by atoms with Gasteiger partial charge in [0, 0.05) is 17.9 Å². The van der Waals surface area contributed by atoms with E-state index in [9.17, 15) is 9.59 Å². The van der Waals surface area contributed by atoms with Crippen molar-refractivity contribution in [3.8, 4) is 5.75 Å². The molecule has 94 valence electrons. The van der Waals surface area contributed by atoms with Gasteiger partial charge < -0.3 is 14.8 Å². The minimum Gasteiger partial charge on any atom is -0.491 e. The number of pyridine rings is 1. The number of carboxylic acid groups (broad SMARTS) is 1. The van der Waals surface area contributed by atoms with Gasteiger partial charge in [-0.25, -0.2) is 0 Å². The van der Waals surface area contributed by atoms with Gasteiger partial charge in [-0.1, -0.05) is 12.1 Å². The average Bonchev–Trinajstić information content (AvgIpc) is 2.34. The summed E-state index contributed by atoms with van der Waals surface area (Å²) in [5.41, 5.74) is 0.449. The van der Waals surface area contributed by atoms with E-state index in [1.807, 2.05) is 12.1 Å². The first-order chi connectivity index (χ1) is 8.66. The Labute approximate surface area is 103 Å². The zero-order valence-corrected chi connectivity index (χ0v) is 9.68. The fourth-order valence-electron chi connectivity index (χ4n) is 1.68. The molecule has 0 amide bonds. The quantitative estimate of drug-likeness (QED) is 0.789. The predicted molar refractivity (Wildman–Crippen MR) is 66.9 cm³/mol. The Kier molecular flexibility index (Phi) is 3.62. The smallest absolute Gasteiger partial charge is 0.303 e. The third-order valence-corrected chi connectivity index (χ3v) is 2.51. The van der Waals surface area contributed by atoms with Gasteiger partial charge in [-0.3, -0.25) is 9.59 Å². The Morgan fingerprint density at radius 1 is 1.28 bits per heavy atom. The van der Waals surface area contributed by atoms with E-state index in [-0.39, 0.29) is 12.0 Å². The number of ether oxygens (including phenoxy) is 1. The maximum Gasteiger partial charge on any atom is 0.303 e. The van der Waals surface area contributed by atoms with Crippen LogP contribution in [0.1, 0.15) is 12.8 Å². The van der Waals surface area contributed by atoms with E-state index in [0.29, 0.717) is 24.3 Å². The predicted octanol–water partition coefficient (Wildman–Crippen LogP) is 1.77. The lowest BCUT2D eigenvalue weighted by Crippen LogP contribution is -2.06. The number of rotatable bonds is 5. The monoisotopic (exact) mass is 247 g/mol. The lowest BCUT2D eigenvalue weighted by molar-refractivity contribution is -0.137. The summed E-state index contributed by atoms with van der Waals surface area (Å²) < 4.78 is 5.49. The molecule has 0 radical (unpaired) electrons. The molecule has 0 atom stereocenters. The molecule has 0 saturated heterocycles. The van der Waals surface area contributed by atoms with Crippen LogP contribution in [0.5, 0.6) is 5.75 Å². The van der Waals surface area contributed by atoms with Gasteiger partial charge in [0.25, 0.3) is 0 Å². The SMILES string of the molecule is O=C(O)CCCOc1cccc2ccc(=O)[nH]c12. The van der Waals surface area contributed by atoms with Crippen LogP contribution in [0.2, 0.25) is 0 Å². The second-order valence-corrected chi connectivity index (χ2v) is 3.89. The lowest BCUT2D eigenvalue weighted by Gasteiger charge is -2.08. The molecule has 2 aromatic rings. The highest BCUT2D eigenvalue weighted by Crippen LogP contribution is 2.22. The van der Waals surface area contributed by atoms with Gasteiger partial charge in [-0.2, -0.15) is 0 Å². The van der Waals surface area contributed by atoms with Crippen molar-refractivity contribution in [3.63, 3.8) is 0 Å². The van der Waals surface area contributed by atoms with Crippen molar-refractivity contribution in [2.75, 3.05) is 6.61 Å². The number of carboxylic acids is 1. The number of fused-ring (bicyclic) bond motifs is 1. The number of para-hydroxylation sites is 1. The molecule has 0 aliphatic heterocycles. The minimum absolute atomic E-state index is 0.0707. The van der Waals surface area contributed by atoms with Gasteiger partial charge in [-0.05, 0) is 18.6 Å². The highest BCUT2D eigenvalue weighted by Gasteiger charge is 2.03. The van der Waals surface area contributed by atoms with E-state index < -0.39 is 5.97 Å². The number of aromatic nitrogens is 1. The Morgan fingerprint density at radius 3 is 2.89 bits per heavy atom. The Bertz CT molecular complexity index is 618. The summed E-state index contributed by atoms with van der Waals surface area (Å²) in [4.78, 5) is 24.3. The average molecular weight is 247 g/mol. The summed E-state index contributed by atoms with van der Waals surface area (Å²) >= 11 is 0. The van der Waals surface area contributed by atoms with Gasteiger partial charge in [0.2, 0.25) is 5.56 Å². The van der Waals surface area contributed by atoms with Crippen molar-refractivity contribution >= 4 is 16.9 Å². The fourth-order valence-corrected chi connectivity index (χ4v) is 1.68. The molecular weight excluding hydrogens is 234 g/mol. The molecule has 0 spiro atoms. The van der Waals surface area contributed by atoms with E-state index in [0.717, 1.165) is 5.39 Å². The molecule has 5 heteroatoms. The first kappa shape index (κ1) is 12.2. The minimum atomic E-state index is -0.843. The topological polar surface area (TPSA) is 79.4 Å². The Balaban J connectivity index is 2.15. The van der Waals surface area contributed by atoms with Crippen molar-refractivity contribution < 1.29 is 14.6 Å². The van der Waals surface area contributed by atoms with E-state index in [4.69, 9.17) is 9.84 Å². The summed E-state index contributed by atoms with van der Waals surface area (Å²) in [5.74, 6) is -0.277. The molecule has 0 aliphatic carbocycles. The van der Waals surface area contributed by atoms with Crippen LogP contribution in [-0.2, 0) is 4.79 Å². The molecule has 0 saturated carbocycles. The first-order valence-electron chi connectivity index (χ1n) is 5.63. The van der Waals surface area contributed by atoms with Crippen LogP contribution in [0.15, 0.2) is 35.1 Å². The van der Waals surface area contributed by atoms with Crippen LogP contribution in [0.3, 0.4) is 0 Å². The van der Waals surface area contributed by atoms with Gasteiger partial charge in [0.05, 0.1) is 12.1 Å². The number of hydrogen-bond acceptors (Lipinski definition) is 3. The maximum absolute atomic E-state index is 11.3. The summed E-state index contributed by atoms with van der Waals surface area (Å²) in [6.45, 7) is 0.308. The number of nitrogens with one attached hydrogen (secondary N) is 1. The zero-order valence-electron chi connectivity index (χ0n) is 9.68. The number of benzene rings is 1. The molecule has 0 aliphatic rings. The third kappa shape index (κ3) is 2.88. The molecule has 2 N–H and O–H groups in total. The van der Waals surface area contributed by atoms with Gasteiger partial charge in [-0.15, -0.1) is 0 Å². The van der Waals surface area contributed by atoms with Crippen molar-refractivity contribution in [2.45, 2.75) is 12.8 Å². The zero-order chi connectivity index (χ0) is 13.0. The van der Waals surface area contributed by atoms with Gasteiger partial charge in [0.1, 0.15) is 5.75 Å². The van der Waals surface area contributed by atoms with Crippen LogP contribution < -0.4 is 10.3 Å². The van der Waals surface area contributed by atoms with Crippen molar-refractivity contribution in [3.05, 3.63) is 40.7 Å². The number of H-pyrrole nitrogens is 1. The van der Waals surface area contributed by atoms with Crippen molar-refractivity contribution in [1.29, 1.82) is 0 Å². The van der Waals surface area contributed by atoms with Gasteiger partial charge >= 0.3 is 5.97 Å². The Morgan fingerprint density at radius 2 is 2.11 bits per heavy atom. The molecule has 1 aromatic carbocycles. The van der Waals surface area contributed by atoms with E-state index in [1.54, 1.807) is 12.1 Å². The van der Waals surface area contributed by atoms with E-state index >= 15 is 0 Å². The largest absolute Gasteiger partial charge is 0.491 e. The summed E-state index contributed by atoms with van der Waals surface area (Å²) in [6.07, 6.45) is 0.504. The summed E-state index contributed by atoms with van der Waals surface area (Å²) in [6, 6.07) is 8.62. The standard InChI is InChI=1S/C13H13NO4/c15-11-7-6-9-3-1-4-10(13(9)14-11)18-8-2-5-12(16)17/h1,3-4,6-7H,2,5,8H2,(H,14,15)(H,16,17). The van der Waals surface area contributed by atoms with Crippen molar-refractivity contribution in [2.24, 2.45) is 0 Å². The molecule has 2 rings (SSSR count). The highest BCUT2D eigenvalue weighted by atomic mass is 16.5. The molecule has 5 nitrogen and oxygen atoms in total. The number of aliphatic carboxylic acids is 1. The van der Waals surface area contributed by atoms with Gasteiger partial charge in [0.15, 0.2) is 0 Å². The fraction of sp³-hybridized carbons (Fsp3) is 0.231. The molecule has 0 bridgehead atoms. The summed E-state index contributed by atoms with van der Waals surface area (Å²) in [5, 5.41) is 9.40. The molecule has 0 fully saturated rings. The molecular formula is C13H13NO4. The van der Waals surface area contributed by atoms with Crippen LogP contribution in [0.4, 0.5) is 0 Å². The number of carbonyl (C=O) groups is 1. The number of hydrogen-bond donors (Lipinski definition) is 2. The van der Waals surface area contributed by atoms with Crippen LogP contribution in [0, 0.1) is 0 Å². The third-order valence-electron chi connectivity index (χ3n) is 2.51. The second-order valence-electron chi connectivity index (χ2n) is 3.89. The summed E-state index contributed by atoms with van der Waals surface area (Å²) in [7, 11) is 0.